The van der Waals surface area contributed by atoms with Crippen LogP contribution in [0.5, 0.6) is 0 Å². The number of benzene rings is 1. The van der Waals surface area contributed by atoms with Crippen molar-refractivity contribution in [2.45, 2.75) is 41.9 Å². The first-order chi connectivity index (χ1) is 8.80. The maximum atomic E-state index is 6.24. The van der Waals surface area contributed by atoms with Crippen molar-refractivity contribution in [1.29, 1.82) is 0 Å². The highest BCUT2D eigenvalue weighted by atomic mass is 32.2. The van der Waals surface area contributed by atoms with Gasteiger partial charge in [-0.05, 0) is 44.2 Å². The molecule has 0 spiro atoms. The number of thioether (sulfide) groups is 1. The van der Waals surface area contributed by atoms with Crippen molar-refractivity contribution in [3.63, 3.8) is 0 Å². The zero-order valence-electron chi connectivity index (χ0n) is 10.7. The van der Waals surface area contributed by atoms with E-state index in [1.165, 1.54) is 30.6 Å². The fourth-order valence-electron chi connectivity index (χ4n) is 3.57. The molecule has 2 atom stereocenters. The molecule has 96 valence electrons. The van der Waals surface area contributed by atoms with Crippen molar-refractivity contribution in [1.82, 2.24) is 0 Å². The number of ether oxygens (including phenoxy) is 1. The van der Waals surface area contributed by atoms with E-state index in [4.69, 9.17) is 4.74 Å². The van der Waals surface area contributed by atoms with Crippen molar-refractivity contribution in [3.05, 3.63) is 43.0 Å². The highest BCUT2D eigenvalue weighted by molar-refractivity contribution is 8.00. The van der Waals surface area contributed by atoms with Gasteiger partial charge in [0.05, 0.1) is 0 Å². The third-order valence-corrected chi connectivity index (χ3v) is 6.04. The quantitative estimate of drug-likeness (QED) is 0.729. The lowest BCUT2D eigenvalue weighted by atomic mass is 9.79. The summed E-state index contributed by atoms with van der Waals surface area (Å²) in [6.07, 6.45) is 8.12. The van der Waals surface area contributed by atoms with E-state index < -0.39 is 0 Å². The molecule has 2 fully saturated rings. The van der Waals surface area contributed by atoms with Crippen LogP contribution in [0.25, 0.3) is 0 Å². The van der Waals surface area contributed by atoms with E-state index in [0.29, 0.717) is 5.41 Å². The van der Waals surface area contributed by atoms with Gasteiger partial charge in [0.1, 0.15) is 4.93 Å². The molecule has 1 aromatic carbocycles. The number of rotatable bonds is 4. The predicted octanol–water partition coefficient (Wildman–Crippen LogP) is 4.64. The van der Waals surface area contributed by atoms with E-state index in [0.717, 1.165) is 13.0 Å². The molecule has 1 saturated carbocycles. The van der Waals surface area contributed by atoms with Gasteiger partial charge >= 0.3 is 0 Å². The minimum absolute atomic E-state index is 0.00252. The molecular weight excluding hydrogens is 240 g/mol. The molecule has 3 rings (SSSR count). The molecule has 0 N–H and O–H groups in total. The largest absolute Gasteiger partial charge is 0.363 e. The third kappa shape index (κ3) is 1.83. The van der Waals surface area contributed by atoms with Crippen LogP contribution in [-0.2, 0) is 4.74 Å². The first-order valence-electron chi connectivity index (χ1n) is 6.79. The number of allylic oxidation sites excluding steroid dienone is 1. The second-order valence-corrected chi connectivity index (χ2v) is 6.73. The molecule has 0 radical (unpaired) electrons. The van der Waals surface area contributed by atoms with E-state index in [-0.39, 0.29) is 4.93 Å². The third-order valence-electron chi connectivity index (χ3n) is 4.45. The second-order valence-electron chi connectivity index (χ2n) is 5.39. The Labute approximate surface area is 114 Å². The first-order valence-corrected chi connectivity index (χ1v) is 7.61. The van der Waals surface area contributed by atoms with Crippen molar-refractivity contribution in [2.24, 2.45) is 5.41 Å². The fraction of sp³-hybridized carbons (Fsp3) is 0.500. The van der Waals surface area contributed by atoms with Crippen LogP contribution in [0.4, 0.5) is 0 Å². The molecule has 2 aliphatic rings. The van der Waals surface area contributed by atoms with Gasteiger partial charge in [-0.15, -0.1) is 6.58 Å². The van der Waals surface area contributed by atoms with Crippen LogP contribution < -0.4 is 0 Å². The van der Waals surface area contributed by atoms with Crippen molar-refractivity contribution < 1.29 is 4.74 Å². The number of fused-ring (bicyclic) bond motifs is 1. The van der Waals surface area contributed by atoms with Crippen LogP contribution in [0.15, 0.2) is 47.9 Å². The molecule has 0 bridgehead atoms. The van der Waals surface area contributed by atoms with Crippen LogP contribution in [0.3, 0.4) is 0 Å². The zero-order chi connectivity index (χ0) is 12.5. The minimum Gasteiger partial charge on any atom is -0.363 e. The van der Waals surface area contributed by atoms with Crippen molar-refractivity contribution in [2.75, 3.05) is 6.61 Å². The molecule has 1 aliphatic carbocycles. The Kier molecular flexibility index (Phi) is 3.25. The van der Waals surface area contributed by atoms with E-state index >= 15 is 0 Å². The summed E-state index contributed by atoms with van der Waals surface area (Å²) in [6.45, 7) is 4.86. The Balaban J connectivity index is 1.90. The molecule has 0 aromatic heterocycles. The Morgan fingerprint density at radius 3 is 2.83 bits per heavy atom. The monoisotopic (exact) mass is 260 g/mol. The highest BCUT2D eigenvalue weighted by Gasteiger charge is 2.59. The molecule has 1 saturated heterocycles. The normalized spacial score (nSPS) is 34.4. The maximum Gasteiger partial charge on any atom is 0.124 e. The molecular formula is C16H20OS. The van der Waals surface area contributed by atoms with Gasteiger partial charge in [0, 0.05) is 16.9 Å². The van der Waals surface area contributed by atoms with Gasteiger partial charge in [-0.3, -0.25) is 0 Å². The van der Waals surface area contributed by atoms with Crippen LogP contribution >= 0.6 is 11.8 Å². The molecule has 1 nitrogen and oxygen atoms in total. The van der Waals surface area contributed by atoms with E-state index in [1.54, 1.807) is 0 Å². The van der Waals surface area contributed by atoms with Gasteiger partial charge < -0.3 is 4.74 Å². The molecule has 18 heavy (non-hydrogen) atoms. The second kappa shape index (κ2) is 4.75. The van der Waals surface area contributed by atoms with E-state index in [2.05, 4.69) is 43.0 Å². The number of hydrogen-bond acceptors (Lipinski definition) is 2. The summed E-state index contributed by atoms with van der Waals surface area (Å²) in [6, 6.07) is 10.7. The molecule has 1 heterocycles. The SMILES string of the molecule is C=CCC12CCCC1(Sc1ccccc1)OCC2. The van der Waals surface area contributed by atoms with Crippen LogP contribution in [0, 0.1) is 5.41 Å². The summed E-state index contributed by atoms with van der Waals surface area (Å²) in [5.74, 6) is 0. The molecule has 0 amide bonds. The molecule has 1 aromatic rings. The zero-order valence-corrected chi connectivity index (χ0v) is 11.5. The van der Waals surface area contributed by atoms with Crippen molar-refractivity contribution in [3.8, 4) is 0 Å². The fourth-order valence-corrected chi connectivity index (χ4v) is 5.14. The summed E-state index contributed by atoms with van der Waals surface area (Å²) in [7, 11) is 0. The van der Waals surface area contributed by atoms with Crippen LogP contribution in [-0.4, -0.2) is 11.5 Å². The Morgan fingerprint density at radius 2 is 2.06 bits per heavy atom. The first kappa shape index (κ1) is 12.3. The Morgan fingerprint density at radius 1 is 1.22 bits per heavy atom. The van der Waals surface area contributed by atoms with Gasteiger partial charge in [-0.1, -0.05) is 36.0 Å². The Hall–Kier alpha value is -0.730. The standard InChI is InChI=1S/C16H20OS/c1-2-9-15-10-6-11-16(15,17-13-12-15)18-14-7-4-3-5-8-14/h2-5,7-8H,1,6,9-13H2. The molecule has 2 unspecified atom stereocenters. The summed E-state index contributed by atoms with van der Waals surface area (Å²) in [5.41, 5.74) is 0.329. The molecule has 1 aliphatic heterocycles. The smallest absolute Gasteiger partial charge is 0.124 e. The summed E-state index contributed by atoms with van der Waals surface area (Å²) in [5, 5.41) is 0. The minimum atomic E-state index is 0.00252. The van der Waals surface area contributed by atoms with Gasteiger partial charge in [-0.25, -0.2) is 0 Å². The summed E-state index contributed by atoms with van der Waals surface area (Å²) < 4.78 is 6.24. The summed E-state index contributed by atoms with van der Waals surface area (Å²) in [4.78, 5) is 1.33. The predicted molar refractivity (Wildman–Crippen MR) is 76.7 cm³/mol. The van der Waals surface area contributed by atoms with E-state index in [9.17, 15) is 0 Å². The van der Waals surface area contributed by atoms with Gasteiger partial charge in [0.15, 0.2) is 0 Å². The average Bonchev–Trinajstić information content (AvgIpc) is 2.85. The average molecular weight is 260 g/mol. The van der Waals surface area contributed by atoms with E-state index in [1.807, 2.05) is 11.8 Å². The van der Waals surface area contributed by atoms with Gasteiger partial charge in [0.2, 0.25) is 0 Å². The molecule has 2 heteroatoms. The van der Waals surface area contributed by atoms with Crippen LogP contribution in [0.1, 0.15) is 32.1 Å². The van der Waals surface area contributed by atoms with Crippen molar-refractivity contribution >= 4 is 11.8 Å². The lowest BCUT2D eigenvalue weighted by molar-refractivity contribution is 0.0387. The lowest BCUT2D eigenvalue weighted by Crippen LogP contribution is -2.36. The van der Waals surface area contributed by atoms with Crippen LogP contribution in [0.2, 0.25) is 0 Å². The lowest BCUT2D eigenvalue weighted by Gasteiger charge is -2.38. The topological polar surface area (TPSA) is 9.23 Å². The van der Waals surface area contributed by atoms with Gasteiger partial charge in [-0.2, -0.15) is 0 Å². The number of hydrogen-bond donors (Lipinski definition) is 0. The Bertz CT molecular complexity index is 416. The highest BCUT2D eigenvalue weighted by Crippen LogP contribution is 2.63. The maximum absolute atomic E-state index is 6.24. The summed E-state index contributed by atoms with van der Waals surface area (Å²) >= 11 is 1.94. The van der Waals surface area contributed by atoms with Gasteiger partial charge in [0.25, 0.3) is 0 Å².